The molecule has 2 N–H and O–H groups in total. The number of aromatic nitrogens is 5. The van der Waals surface area contributed by atoms with Gasteiger partial charge in [-0.25, -0.2) is 9.97 Å². The van der Waals surface area contributed by atoms with Gasteiger partial charge in [0.15, 0.2) is 0 Å². The highest BCUT2D eigenvalue weighted by Gasteiger charge is 2.16. The summed E-state index contributed by atoms with van der Waals surface area (Å²) >= 11 is 0. The number of hydrogen-bond donors (Lipinski definition) is 2. The summed E-state index contributed by atoms with van der Waals surface area (Å²) in [6.45, 7) is 2.15. The van der Waals surface area contributed by atoms with Crippen LogP contribution in [0.15, 0.2) is 42.9 Å². The number of nitrogens with zero attached hydrogens (tertiary/aromatic N) is 4. The Morgan fingerprint density at radius 3 is 2.93 bits per heavy atom. The number of aryl methyl sites for hydroxylation is 2. The fourth-order valence-corrected chi connectivity index (χ4v) is 3.20. The van der Waals surface area contributed by atoms with Crippen LogP contribution in [-0.4, -0.2) is 37.7 Å². The highest BCUT2D eigenvalue weighted by molar-refractivity contribution is 5.97. The zero-order valence-electron chi connectivity index (χ0n) is 15.9. The minimum absolute atomic E-state index is 0.233. The summed E-state index contributed by atoms with van der Waals surface area (Å²) in [5.41, 5.74) is 4.06. The number of aromatic amines is 1. The third kappa shape index (κ3) is 3.20. The van der Waals surface area contributed by atoms with Crippen LogP contribution in [0.4, 0.5) is 0 Å². The average molecular weight is 376 g/mol. The maximum atomic E-state index is 12.3. The number of methoxy groups -OCH3 is 1. The number of fused-ring (bicyclic) bond motifs is 1. The van der Waals surface area contributed by atoms with Gasteiger partial charge in [-0.15, -0.1) is 0 Å². The van der Waals surface area contributed by atoms with E-state index in [1.807, 2.05) is 38.4 Å². The Kier molecular flexibility index (Phi) is 4.52. The first kappa shape index (κ1) is 17.7. The fourth-order valence-electron chi connectivity index (χ4n) is 3.20. The number of ether oxygens (including phenoxy) is 1. The molecule has 142 valence electrons. The molecule has 0 fully saturated rings. The molecule has 0 saturated carbocycles. The maximum Gasteiger partial charge on any atom is 0.269 e. The molecule has 0 bridgehead atoms. The fraction of sp³-hybridized carbons (Fsp3) is 0.200. The van der Waals surface area contributed by atoms with Crippen molar-refractivity contribution in [1.82, 2.24) is 30.0 Å². The van der Waals surface area contributed by atoms with Gasteiger partial charge in [-0.2, -0.15) is 5.10 Å². The van der Waals surface area contributed by atoms with Crippen molar-refractivity contribution in [3.63, 3.8) is 0 Å². The number of carbonyl (C=O) groups excluding carboxylic acids is 1. The van der Waals surface area contributed by atoms with Gasteiger partial charge in [0.2, 0.25) is 0 Å². The second-order valence-corrected chi connectivity index (χ2v) is 6.48. The molecule has 3 aromatic heterocycles. The molecule has 0 unspecified atom stereocenters. The van der Waals surface area contributed by atoms with E-state index in [9.17, 15) is 4.79 Å². The first-order valence-electron chi connectivity index (χ1n) is 8.80. The molecule has 3 heterocycles. The van der Waals surface area contributed by atoms with Crippen LogP contribution in [0.3, 0.4) is 0 Å². The van der Waals surface area contributed by atoms with Crippen molar-refractivity contribution < 1.29 is 9.53 Å². The van der Waals surface area contributed by atoms with Gasteiger partial charge in [-0.05, 0) is 31.2 Å². The lowest BCUT2D eigenvalue weighted by Crippen LogP contribution is -2.23. The number of nitrogens with one attached hydrogen (secondary N) is 2. The van der Waals surface area contributed by atoms with E-state index in [2.05, 4.69) is 30.0 Å². The van der Waals surface area contributed by atoms with Crippen LogP contribution < -0.4 is 10.1 Å². The van der Waals surface area contributed by atoms with Gasteiger partial charge in [-0.3, -0.25) is 9.89 Å². The summed E-state index contributed by atoms with van der Waals surface area (Å²) in [7, 11) is 3.64. The standard InChI is InChI=1S/C20H20N6O2/c1-12-21-9-13(10-22-20(27)17-6-7-23-25-17)19(24-12)16-11-26(2)18-5-4-14(28-3)8-15(16)18/h4-9,11H,10H2,1-3H3,(H,22,27)(H,23,25). The summed E-state index contributed by atoms with van der Waals surface area (Å²) in [5, 5.41) is 10.4. The molecule has 0 spiro atoms. The predicted molar refractivity (Wildman–Crippen MR) is 105 cm³/mol. The van der Waals surface area contributed by atoms with E-state index in [4.69, 9.17) is 4.74 Å². The van der Waals surface area contributed by atoms with Gasteiger partial charge >= 0.3 is 0 Å². The van der Waals surface area contributed by atoms with Crippen LogP contribution in [-0.2, 0) is 13.6 Å². The Morgan fingerprint density at radius 1 is 1.32 bits per heavy atom. The molecule has 0 aliphatic carbocycles. The molecule has 8 heteroatoms. The molecule has 0 atom stereocenters. The maximum absolute atomic E-state index is 12.3. The van der Waals surface area contributed by atoms with Crippen molar-refractivity contribution in [3.8, 4) is 17.0 Å². The van der Waals surface area contributed by atoms with Crippen LogP contribution in [0, 0.1) is 6.92 Å². The normalized spacial score (nSPS) is 11.0. The third-order valence-electron chi connectivity index (χ3n) is 4.62. The van der Waals surface area contributed by atoms with Gasteiger partial charge in [0.1, 0.15) is 17.3 Å². The number of amides is 1. The first-order chi connectivity index (χ1) is 13.6. The highest BCUT2D eigenvalue weighted by Crippen LogP contribution is 2.33. The molecule has 4 aromatic rings. The van der Waals surface area contributed by atoms with E-state index < -0.39 is 0 Å². The monoisotopic (exact) mass is 376 g/mol. The lowest BCUT2D eigenvalue weighted by atomic mass is 10.1. The minimum atomic E-state index is -0.233. The molecule has 0 aliphatic rings. The minimum Gasteiger partial charge on any atom is -0.497 e. The molecule has 0 radical (unpaired) electrons. The molecule has 0 saturated heterocycles. The second-order valence-electron chi connectivity index (χ2n) is 6.48. The van der Waals surface area contributed by atoms with E-state index >= 15 is 0 Å². The van der Waals surface area contributed by atoms with E-state index in [0.29, 0.717) is 18.1 Å². The molecular weight excluding hydrogens is 356 g/mol. The average Bonchev–Trinajstić information content (AvgIpc) is 3.35. The lowest BCUT2D eigenvalue weighted by Gasteiger charge is -2.10. The second kappa shape index (κ2) is 7.15. The Hall–Kier alpha value is -3.68. The van der Waals surface area contributed by atoms with Crippen molar-refractivity contribution in [1.29, 1.82) is 0 Å². The van der Waals surface area contributed by atoms with Gasteiger partial charge in [-0.1, -0.05) is 0 Å². The largest absolute Gasteiger partial charge is 0.497 e. The summed E-state index contributed by atoms with van der Waals surface area (Å²) in [4.78, 5) is 21.2. The Morgan fingerprint density at radius 2 is 2.18 bits per heavy atom. The van der Waals surface area contributed by atoms with E-state index in [0.717, 1.165) is 33.5 Å². The summed E-state index contributed by atoms with van der Waals surface area (Å²) < 4.78 is 7.44. The number of carbonyl (C=O) groups is 1. The number of hydrogen-bond acceptors (Lipinski definition) is 5. The topological polar surface area (TPSA) is 97.7 Å². The van der Waals surface area contributed by atoms with E-state index in [1.165, 1.54) is 0 Å². The van der Waals surface area contributed by atoms with Gasteiger partial charge in [0, 0.05) is 54.2 Å². The highest BCUT2D eigenvalue weighted by atomic mass is 16.5. The van der Waals surface area contributed by atoms with E-state index in [-0.39, 0.29) is 5.91 Å². The van der Waals surface area contributed by atoms with Crippen molar-refractivity contribution >= 4 is 16.8 Å². The van der Waals surface area contributed by atoms with Gasteiger partial charge in [0.25, 0.3) is 5.91 Å². The zero-order chi connectivity index (χ0) is 19.7. The number of benzene rings is 1. The molecule has 1 aromatic carbocycles. The summed E-state index contributed by atoms with van der Waals surface area (Å²) in [5.74, 6) is 1.21. The van der Waals surface area contributed by atoms with Crippen LogP contribution in [0.5, 0.6) is 5.75 Å². The molecule has 8 nitrogen and oxygen atoms in total. The van der Waals surface area contributed by atoms with Crippen LogP contribution in [0.25, 0.3) is 22.2 Å². The summed E-state index contributed by atoms with van der Waals surface area (Å²) in [6, 6.07) is 7.57. The van der Waals surface area contributed by atoms with Gasteiger partial charge < -0.3 is 14.6 Å². The summed E-state index contributed by atoms with van der Waals surface area (Å²) in [6.07, 6.45) is 5.33. The zero-order valence-corrected chi connectivity index (χ0v) is 15.9. The quantitative estimate of drug-likeness (QED) is 0.558. The Bertz CT molecular complexity index is 1150. The number of H-pyrrole nitrogens is 1. The molecule has 28 heavy (non-hydrogen) atoms. The molecule has 1 amide bonds. The third-order valence-corrected chi connectivity index (χ3v) is 4.62. The molecular formula is C20H20N6O2. The van der Waals surface area contributed by atoms with Crippen molar-refractivity contribution in [3.05, 3.63) is 59.9 Å². The van der Waals surface area contributed by atoms with Crippen molar-refractivity contribution in [2.45, 2.75) is 13.5 Å². The number of rotatable bonds is 5. The van der Waals surface area contributed by atoms with Crippen molar-refractivity contribution in [2.75, 3.05) is 7.11 Å². The Labute approximate surface area is 161 Å². The van der Waals surface area contributed by atoms with Gasteiger partial charge in [0.05, 0.1) is 12.8 Å². The van der Waals surface area contributed by atoms with Crippen LogP contribution in [0.2, 0.25) is 0 Å². The van der Waals surface area contributed by atoms with Crippen LogP contribution in [0.1, 0.15) is 21.9 Å². The molecule has 0 aliphatic heterocycles. The first-order valence-corrected chi connectivity index (χ1v) is 8.80. The smallest absolute Gasteiger partial charge is 0.269 e. The van der Waals surface area contributed by atoms with Crippen molar-refractivity contribution in [2.24, 2.45) is 7.05 Å². The molecule has 4 rings (SSSR count). The van der Waals surface area contributed by atoms with E-state index in [1.54, 1.807) is 25.6 Å². The lowest BCUT2D eigenvalue weighted by molar-refractivity contribution is 0.0946. The Balaban J connectivity index is 1.75. The SMILES string of the molecule is COc1ccc2c(c1)c(-c1nc(C)ncc1CNC(=O)c1ccn[nH]1)cn2C. The predicted octanol–water partition coefficient (Wildman–Crippen LogP) is 2.61. The van der Waals surface area contributed by atoms with Crippen LogP contribution >= 0.6 is 0 Å².